The Morgan fingerprint density at radius 3 is 2.52 bits per heavy atom. The Kier molecular flexibility index (Phi) is 3.66. The van der Waals surface area contributed by atoms with E-state index in [-0.39, 0.29) is 11.6 Å². The number of ether oxygens (including phenoxy) is 1. The zero-order valence-electron chi connectivity index (χ0n) is 10.3. The maximum absolute atomic E-state index is 12.6. The van der Waals surface area contributed by atoms with Gasteiger partial charge in [0.2, 0.25) is 11.6 Å². The summed E-state index contributed by atoms with van der Waals surface area (Å²) in [5, 5.41) is 10.9. The topological polar surface area (TPSA) is 91.3 Å². The minimum atomic E-state index is -4.68. The van der Waals surface area contributed by atoms with Gasteiger partial charge in [-0.25, -0.2) is 4.98 Å². The van der Waals surface area contributed by atoms with Crippen LogP contribution >= 0.6 is 0 Å². The summed E-state index contributed by atoms with van der Waals surface area (Å²) in [6, 6.07) is 4.72. The van der Waals surface area contributed by atoms with E-state index in [1.807, 2.05) is 0 Å². The molecule has 0 aliphatic carbocycles. The van der Waals surface area contributed by atoms with E-state index in [1.165, 1.54) is 18.3 Å². The Balaban J connectivity index is 2.42. The molecule has 2 N–H and O–H groups in total. The number of hydrogen-bond acceptors (Lipinski definition) is 5. The summed E-state index contributed by atoms with van der Waals surface area (Å²) < 4.78 is 42.8. The van der Waals surface area contributed by atoms with Gasteiger partial charge in [0.1, 0.15) is 0 Å². The molecule has 0 aliphatic heterocycles. The summed E-state index contributed by atoms with van der Waals surface area (Å²) in [5.41, 5.74) is 3.84. The maximum atomic E-state index is 12.6. The highest BCUT2D eigenvalue weighted by Crippen LogP contribution is 2.37. The van der Waals surface area contributed by atoms with Gasteiger partial charge in [0.05, 0.1) is 10.5 Å². The number of aromatic nitrogens is 1. The van der Waals surface area contributed by atoms with Crippen LogP contribution in [0.2, 0.25) is 0 Å². The van der Waals surface area contributed by atoms with Crippen molar-refractivity contribution >= 4 is 11.4 Å². The van der Waals surface area contributed by atoms with Crippen LogP contribution in [-0.2, 0) is 6.18 Å². The van der Waals surface area contributed by atoms with Crippen LogP contribution in [0.1, 0.15) is 5.56 Å². The lowest BCUT2D eigenvalue weighted by atomic mass is 10.2. The first kappa shape index (κ1) is 14.6. The largest absolute Gasteiger partial charge is 0.432 e. The van der Waals surface area contributed by atoms with Crippen molar-refractivity contribution in [3.63, 3.8) is 0 Å². The Hall–Kier alpha value is -2.84. The van der Waals surface area contributed by atoms with Gasteiger partial charge in [-0.05, 0) is 18.2 Å². The predicted molar refractivity (Wildman–Crippen MR) is 66.8 cm³/mol. The molecule has 0 bridgehead atoms. The number of hydrogen-bond donors (Lipinski definition) is 1. The molecule has 1 aromatic carbocycles. The van der Waals surface area contributed by atoms with Crippen molar-refractivity contribution in [2.45, 2.75) is 6.18 Å². The van der Waals surface area contributed by atoms with E-state index < -0.39 is 22.4 Å². The fraction of sp³-hybridized carbons (Fsp3) is 0.0833. The molecule has 21 heavy (non-hydrogen) atoms. The number of alkyl halides is 3. The number of nitrogen functional groups attached to an aromatic ring is 1. The molecule has 0 spiro atoms. The number of nitro benzene ring substituents is 1. The van der Waals surface area contributed by atoms with E-state index in [0.717, 1.165) is 6.07 Å². The van der Waals surface area contributed by atoms with Crippen LogP contribution in [0, 0.1) is 10.1 Å². The molecular weight excluding hydrogens is 291 g/mol. The summed E-state index contributed by atoms with van der Waals surface area (Å²) in [6.45, 7) is 0. The lowest BCUT2D eigenvalue weighted by Crippen LogP contribution is -2.06. The highest BCUT2D eigenvalue weighted by molar-refractivity contribution is 5.51. The molecule has 2 aromatic rings. The minimum absolute atomic E-state index is 0.0575. The quantitative estimate of drug-likeness (QED) is 0.693. The van der Waals surface area contributed by atoms with Gasteiger partial charge in [-0.2, -0.15) is 13.2 Å². The van der Waals surface area contributed by atoms with Crippen LogP contribution in [0.15, 0.2) is 36.5 Å². The van der Waals surface area contributed by atoms with Crippen molar-refractivity contribution in [3.8, 4) is 11.6 Å². The summed E-state index contributed by atoms with van der Waals surface area (Å²) in [4.78, 5) is 13.7. The Bertz CT molecular complexity index is 689. The number of pyridine rings is 1. The first-order valence-electron chi connectivity index (χ1n) is 5.52. The number of rotatable bonds is 3. The van der Waals surface area contributed by atoms with Crippen LogP contribution in [0.3, 0.4) is 0 Å². The van der Waals surface area contributed by atoms with Crippen LogP contribution in [0.4, 0.5) is 24.5 Å². The third-order valence-electron chi connectivity index (χ3n) is 2.46. The van der Waals surface area contributed by atoms with Gasteiger partial charge in [-0.1, -0.05) is 0 Å². The van der Waals surface area contributed by atoms with Gasteiger partial charge in [-0.3, -0.25) is 10.1 Å². The van der Waals surface area contributed by atoms with E-state index in [2.05, 4.69) is 4.98 Å². The summed E-state index contributed by atoms with van der Waals surface area (Å²) in [7, 11) is 0. The van der Waals surface area contributed by atoms with E-state index in [9.17, 15) is 23.3 Å². The average molecular weight is 299 g/mol. The highest BCUT2D eigenvalue weighted by Gasteiger charge is 2.33. The van der Waals surface area contributed by atoms with Crippen LogP contribution in [-0.4, -0.2) is 9.91 Å². The predicted octanol–water partition coefficient (Wildman–Crippen LogP) is 3.38. The lowest BCUT2D eigenvalue weighted by molar-refractivity contribution is -0.385. The van der Waals surface area contributed by atoms with Gasteiger partial charge in [-0.15, -0.1) is 0 Å². The van der Waals surface area contributed by atoms with Crippen LogP contribution < -0.4 is 10.5 Å². The van der Waals surface area contributed by atoms with E-state index in [0.29, 0.717) is 17.8 Å². The number of nitro groups is 1. The molecular formula is C12H8F3N3O3. The highest BCUT2D eigenvalue weighted by atomic mass is 19.4. The number of nitrogens with two attached hydrogens (primary N) is 1. The SMILES string of the molecule is Nc1ccnc(Oc2ccc(C(F)(F)F)cc2[N+](=O)[O-])c1. The van der Waals surface area contributed by atoms with Crippen molar-refractivity contribution in [3.05, 3.63) is 52.2 Å². The normalized spacial score (nSPS) is 11.2. The second-order valence-electron chi connectivity index (χ2n) is 3.97. The Labute approximate surface area is 116 Å². The molecule has 0 saturated carbocycles. The lowest BCUT2D eigenvalue weighted by Gasteiger charge is -2.09. The fourth-order valence-electron chi connectivity index (χ4n) is 1.52. The van der Waals surface area contributed by atoms with Crippen molar-refractivity contribution in [2.75, 3.05) is 5.73 Å². The molecule has 0 amide bonds. The smallest absolute Gasteiger partial charge is 0.416 e. The molecule has 9 heteroatoms. The third-order valence-corrected chi connectivity index (χ3v) is 2.46. The fourth-order valence-corrected chi connectivity index (χ4v) is 1.52. The molecule has 110 valence electrons. The number of anilines is 1. The summed E-state index contributed by atoms with van der Waals surface area (Å²) in [6.07, 6.45) is -3.38. The molecule has 6 nitrogen and oxygen atoms in total. The molecule has 0 saturated heterocycles. The third kappa shape index (κ3) is 3.38. The molecule has 0 atom stereocenters. The molecule has 0 aliphatic rings. The van der Waals surface area contributed by atoms with Gasteiger partial charge >= 0.3 is 11.9 Å². The second-order valence-corrected chi connectivity index (χ2v) is 3.97. The van der Waals surface area contributed by atoms with Gasteiger partial charge in [0.15, 0.2) is 0 Å². The number of benzene rings is 1. The second kappa shape index (κ2) is 5.27. The summed E-state index contributed by atoms with van der Waals surface area (Å²) >= 11 is 0. The van der Waals surface area contributed by atoms with Gasteiger partial charge in [0, 0.05) is 24.0 Å². The van der Waals surface area contributed by atoms with Gasteiger partial charge < -0.3 is 10.5 Å². The molecule has 1 aromatic heterocycles. The van der Waals surface area contributed by atoms with Crippen molar-refractivity contribution < 1.29 is 22.8 Å². The van der Waals surface area contributed by atoms with Crippen molar-refractivity contribution in [1.29, 1.82) is 0 Å². The monoisotopic (exact) mass is 299 g/mol. The zero-order chi connectivity index (χ0) is 15.6. The summed E-state index contributed by atoms with van der Waals surface area (Å²) in [5.74, 6) is -0.413. The molecule has 0 unspecified atom stereocenters. The first-order valence-corrected chi connectivity index (χ1v) is 5.52. The Morgan fingerprint density at radius 1 is 1.24 bits per heavy atom. The zero-order valence-corrected chi connectivity index (χ0v) is 10.3. The van der Waals surface area contributed by atoms with E-state index in [1.54, 1.807) is 0 Å². The minimum Gasteiger partial charge on any atom is -0.432 e. The standard InChI is InChI=1S/C12H8F3N3O3/c13-12(14,15)7-1-2-10(9(5-7)18(19)20)21-11-6-8(16)3-4-17-11/h1-6H,(H2,16,17). The average Bonchev–Trinajstić information content (AvgIpc) is 2.37. The van der Waals surface area contributed by atoms with E-state index >= 15 is 0 Å². The molecule has 0 fully saturated rings. The first-order chi connectivity index (χ1) is 9.77. The van der Waals surface area contributed by atoms with E-state index in [4.69, 9.17) is 10.5 Å². The number of nitrogens with zero attached hydrogens (tertiary/aromatic N) is 2. The molecule has 0 radical (unpaired) electrons. The molecule has 2 rings (SSSR count). The Morgan fingerprint density at radius 2 is 1.95 bits per heavy atom. The van der Waals surface area contributed by atoms with Crippen LogP contribution in [0.5, 0.6) is 11.6 Å². The van der Waals surface area contributed by atoms with Crippen molar-refractivity contribution in [2.24, 2.45) is 0 Å². The maximum Gasteiger partial charge on any atom is 0.416 e. The molecule has 1 heterocycles. The van der Waals surface area contributed by atoms with Crippen LogP contribution in [0.25, 0.3) is 0 Å². The van der Waals surface area contributed by atoms with Gasteiger partial charge in [0.25, 0.3) is 0 Å². The van der Waals surface area contributed by atoms with Crippen molar-refractivity contribution in [1.82, 2.24) is 4.98 Å². The number of halogens is 3.